The molecular weight excluding hydrogens is 236 g/mol. The molecule has 1 aromatic carbocycles. The Morgan fingerprint density at radius 2 is 1.63 bits per heavy atom. The first-order chi connectivity index (χ1) is 9.22. The van der Waals surface area contributed by atoms with Gasteiger partial charge in [0.25, 0.3) is 0 Å². The van der Waals surface area contributed by atoms with Gasteiger partial charge in [-0.25, -0.2) is 0 Å². The van der Waals surface area contributed by atoms with Crippen LogP contribution in [0.25, 0.3) is 17.0 Å². The topological polar surface area (TPSA) is 38.9 Å². The fraction of sp³-hybridized carbons (Fsp3) is 0.250. The van der Waals surface area contributed by atoms with E-state index in [4.69, 9.17) is 4.42 Å². The molecule has 0 unspecified atom stereocenters. The van der Waals surface area contributed by atoms with Crippen LogP contribution < -0.4 is 0 Å². The zero-order valence-corrected chi connectivity index (χ0v) is 11.2. The molecule has 0 atom stereocenters. The first-order valence-electron chi connectivity index (χ1n) is 6.49. The maximum atomic E-state index is 5.76. The van der Waals surface area contributed by atoms with E-state index in [1.807, 2.05) is 24.3 Å². The number of benzene rings is 1. The van der Waals surface area contributed by atoms with Crippen LogP contribution >= 0.6 is 0 Å². The standard InChI is InChI=1S/C16H16N2O/c1-11-3-7-13(8-4-11)15-17-18-16(19-15)14-9-5-12(2)6-10-14/h3-5,7-9H,6,10H2,1-2H3. The maximum Gasteiger partial charge on any atom is 0.248 e. The number of hydrogen-bond donors (Lipinski definition) is 0. The molecule has 3 rings (SSSR count). The molecular formula is C16H16N2O. The third kappa shape index (κ3) is 2.50. The summed E-state index contributed by atoms with van der Waals surface area (Å²) in [7, 11) is 0. The maximum absolute atomic E-state index is 5.76. The normalized spacial score (nSPS) is 15.1. The summed E-state index contributed by atoms with van der Waals surface area (Å²) in [6.07, 6.45) is 6.23. The highest BCUT2D eigenvalue weighted by Crippen LogP contribution is 2.27. The minimum absolute atomic E-state index is 0.585. The quantitative estimate of drug-likeness (QED) is 0.805. The van der Waals surface area contributed by atoms with Gasteiger partial charge in [0.1, 0.15) is 0 Å². The first-order valence-corrected chi connectivity index (χ1v) is 6.49. The number of nitrogens with zero attached hydrogens (tertiary/aromatic N) is 2. The summed E-state index contributed by atoms with van der Waals surface area (Å²) in [6.45, 7) is 4.20. The Balaban J connectivity index is 1.89. The highest BCUT2D eigenvalue weighted by Gasteiger charge is 2.14. The molecule has 2 aromatic rings. The Labute approximate surface area is 112 Å². The van der Waals surface area contributed by atoms with Gasteiger partial charge >= 0.3 is 0 Å². The smallest absolute Gasteiger partial charge is 0.248 e. The highest BCUT2D eigenvalue weighted by molar-refractivity contribution is 5.63. The van der Waals surface area contributed by atoms with Crippen molar-refractivity contribution in [3.63, 3.8) is 0 Å². The highest BCUT2D eigenvalue weighted by atomic mass is 16.4. The number of aromatic nitrogens is 2. The molecule has 0 fully saturated rings. The first kappa shape index (κ1) is 11.9. The van der Waals surface area contributed by atoms with E-state index in [1.54, 1.807) is 0 Å². The minimum Gasteiger partial charge on any atom is -0.416 e. The van der Waals surface area contributed by atoms with Crippen molar-refractivity contribution in [3.05, 3.63) is 53.4 Å². The lowest BCUT2D eigenvalue weighted by atomic mass is 10.00. The Bertz CT molecular complexity index is 648. The number of hydrogen-bond acceptors (Lipinski definition) is 3. The molecule has 0 saturated carbocycles. The summed E-state index contributed by atoms with van der Waals surface area (Å²) in [6, 6.07) is 8.11. The Kier molecular flexibility index (Phi) is 3.03. The van der Waals surface area contributed by atoms with Crippen LogP contribution in [0.5, 0.6) is 0 Å². The van der Waals surface area contributed by atoms with Crippen LogP contribution in [0, 0.1) is 6.92 Å². The average molecular weight is 252 g/mol. The van der Waals surface area contributed by atoms with Crippen molar-refractivity contribution in [1.82, 2.24) is 10.2 Å². The molecule has 3 heteroatoms. The van der Waals surface area contributed by atoms with E-state index in [0.29, 0.717) is 11.8 Å². The molecule has 0 saturated heterocycles. The van der Waals surface area contributed by atoms with Crippen molar-refractivity contribution in [3.8, 4) is 11.5 Å². The zero-order chi connectivity index (χ0) is 13.2. The predicted molar refractivity (Wildman–Crippen MR) is 75.4 cm³/mol. The molecule has 0 spiro atoms. The van der Waals surface area contributed by atoms with E-state index in [-0.39, 0.29) is 0 Å². The lowest BCUT2D eigenvalue weighted by Gasteiger charge is -2.07. The van der Waals surface area contributed by atoms with Crippen molar-refractivity contribution in [2.24, 2.45) is 0 Å². The van der Waals surface area contributed by atoms with E-state index in [0.717, 1.165) is 24.0 Å². The van der Waals surface area contributed by atoms with Crippen LogP contribution in [0.3, 0.4) is 0 Å². The van der Waals surface area contributed by atoms with Crippen LogP contribution in [0.4, 0.5) is 0 Å². The van der Waals surface area contributed by atoms with Crippen molar-refractivity contribution in [2.75, 3.05) is 0 Å². The number of aryl methyl sites for hydroxylation is 1. The Morgan fingerprint density at radius 1 is 0.895 bits per heavy atom. The lowest BCUT2D eigenvalue weighted by Crippen LogP contribution is -1.91. The zero-order valence-electron chi connectivity index (χ0n) is 11.2. The summed E-state index contributed by atoms with van der Waals surface area (Å²) in [5.74, 6) is 1.22. The van der Waals surface area contributed by atoms with Gasteiger partial charge < -0.3 is 4.42 Å². The van der Waals surface area contributed by atoms with Gasteiger partial charge in [-0.05, 0) is 38.8 Å². The average Bonchev–Trinajstić information content (AvgIpc) is 2.90. The summed E-state index contributed by atoms with van der Waals surface area (Å²) in [5.41, 5.74) is 4.70. The summed E-state index contributed by atoms with van der Waals surface area (Å²) in [5, 5.41) is 8.28. The lowest BCUT2D eigenvalue weighted by molar-refractivity contribution is 0.549. The van der Waals surface area contributed by atoms with Gasteiger partial charge in [-0.1, -0.05) is 35.4 Å². The summed E-state index contributed by atoms with van der Waals surface area (Å²) < 4.78 is 5.76. The van der Waals surface area contributed by atoms with Gasteiger partial charge in [0.15, 0.2) is 0 Å². The fourth-order valence-corrected chi connectivity index (χ4v) is 2.09. The molecule has 0 radical (unpaired) electrons. The van der Waals surface area contributed by atoms with Gasteiger partial charge in [0.2, 0.25) is 11.8 Å². The van der Waals surface area contributed by atoms with E-state index < -0.39 is 0 Å². The van der Waals surface area contributed by atoms with E-state index >= 15 is 0 Å². The molecule has 0 N–H and O–H groups in total. The van der Waals surface area contributed by atoms with Crippen molar-refractivity contribution in [1.29, 1.82) is 0 Å². The molecule has 3 nitrogen and oxygen atoms in total. The van der Waals surface area contributed by atoms with Gasteiger partial charge in [-0.3, -0.25) is 0 Å². The van der Waals surface area contributed by atoms with Crippen molar-refractivity contribution in [2.45, 2.75) is 26.7 Å². The fourth-order valence-electron chi connectivity index (χ4n) is 2.09. The van der Waals surface area contributed by atoms with Gasteiger partial charge in [0, 0.05) is 11.1 Å². The van der Waals surface area contributed by atoms with Gasteiger partial charge in [0.05, 0.1) is 0 Å². The van der Waals surface area contributed by atoms with E-state index in [9.17, 15) is 0 Å². The Morgan fingerprint density at radius 3 is 2.32 bits per heavy atom. The van der Waals surface area contributed by atoms with Crippen LogP contribution in [0.1, 0.15) is 31.2 Å². The number of allylic oxidation sites excluding steroid dienone is 4. The Hall–Kier alpha value is -2.16. The molecule has 1 aliphatic carbocycles. The SMILES string of the molecule is CC1=CC=C(c2nnc(-c3ccc(C)cc3)o2)CC1. The molecule has 19 heavy (non-hydrogen) atoms. The van der Waals surface area contributed by atoms with Crippen molar-refractivity contribution >= 4 is 5.57 Å². The van der Waals surface area contributed by atoms with Crippen LogP contribution in [0.15, 0.2) is 46.4 Å². The monoisotopic (exact) mass is 252 g/mol. The van der Waals surface area contributed by atoms with Gasteiger partial charge in [-0.15, -0.1) is 10.2 Å². The third-order valence-electron chi connectivity index (χ3n) is 3.36. The molecule has 1 aliphatic rings. The molecule has 96 valence electrons. The summed E-state index contributed by atoms with van der Waals surface area (Å²) >= 11 is 0. The number of rotatable bonds is 2. The second kappa shape index (κ2) is 4.84. The molecule has 0 amide bonds. The molecule has 1 heterocycles. The van der Waals surface area contributed by atoms with E-state index in [1.165, 1.54) is 11.1 Å². The summed E-state index contributed by atoms with van der Waals surface area (Å²) in [4.78, 5) is 0. The van der Waals surface area contributed by atoms with Crippen LogP contribution in [-0.4, -0.2) is 10.2 Å². The molecule has 1 aromatic heterocycles. The van der Waals surface area contributed by atoms with E-state index in [2.05, 4.69) is 36.2 Å². The second-order valence-electron chi connectivity index (χ2n) is 4.98. The minimum atomic E-state index is 0.585. The predicted octanol–water partition coefficient (Wildman–Crippen LogP) is 4.17. The van der Waals surface area contributed by atoms with Crippen molar-refractivity contribution < 1.29 is 4.42 Å². The van der Waals surface area contributed by atoms with Crippen LogP contribution in [-0.2, 0) is 0 Å². The largest absolute Gasteiger partial charge is 0.416 e. The molecule has 0 aliphatic heterocycles. The third-order valence-corrected chi connectivity index (χ3v) is 3.36. The second-order valence-corrected chi connectivity index (χ2v) is 4.98. The molecule has 0 bridgehead atoms. The van der Waals surface area contributed by atoms with Gasteiger partial charge in [-0.2, -0.15) is 0 Å². The van der Waals surface area contributed by atoms with Crippen LogP contribution in [0.2, 0.25) is 0 Å².